The van der Waals surface area contributed by atoms with E-state index in [0.29, 0.717) is 23.6 Å². The molecule has 0 aliphatic carbocycles. The molecule has 0 atom stereocenters. The van der Waals surface area contributed by atoms with Crippen molar-refractivity contribution in [3.05, 3.63) is 88.5 Å². The average molecular weight is 469 g/mol. The largest absolute Gasteiger partial charge is 0.350 e. The van der Waals surface area contributed by atoms with Gasteiger partial charge in [-0.3, -0.25) is 4.79 Å². The zero-order valence-electron chi connectivity index (χ0n) is 19.7. The van der Waals surface area contributed by atoms with Gasteiger partial charge < -0.3 is 9.42 Å². The van der Waals surface area contributed by atoms with Gasteiger partial charge in [0.2, 0.25) is 11.7 Å². The van der Waals surface area contributed by atoms with Crippen LogP contribution in [0.1, 0.15) is 18.1 Å². The predicted molar refractivity (Wildman–Crippen MR) is 132 cm³/mol. The van der Waals surface area contributed by atoms with Gasteiger partial charge >= 0.3 is 5.69 Å². The number of rotatable bonds is 6. The molecule has 0 fully saturated rings. The molecular formula is C26H24N6O3. The Kier molecular flexibility index (Phi) is 5.74. The second-order valence-corrected chi connectivity index (χ2v) is 8.33. The van der Waals surface area contributed by atoms with Crippen molar-refractivity contribution in [3.63, 3.8) is 0 Å². The Hall–Kier alpha value is -4.53. The van der Waals surface area contributed by atoms with Crippen molar-refractivity contribution < 1.29 is 9.32 Å². The standard InChI is InChI=1S/C26H24N6O3/c1-4-30(20-11-6-9-18(3)15-20)22(33)16-32-26(34)31-13-7-12-21(24(31)28-32)25-27-23(29-35-25)19-10-5-8-17(2)14-19/h5-15H,4,16H2,1-3H3. The second-order valence-electron chi connectivity index (χ2n) is 8.33. The Morgan fingerprint density at radius 2 is 1.80 bits per heavy atom. The molecule has 0 spiro atoms. The van der Waals surface area contributed by atoms with Crippen LogP contribution in [0.3, 0.4) is 0 Å². The Bertz CT molecular complexity index is 1600. The summed E-state index contributed by atoms with van der Waals surface area (Å²) in [5.74, 6) is 0.453. The monoisotopic (exact) mass is 468 g/mol. The van der Waals surface area contributed by atoms with Crippen LogP contribution in [0.25, 0.3) is 28.5 Å². The quantitative estimate of drug-likeness (QED) is 0.375. The van der Waals surface area contributed by atoms with E-state index in [-0.39, 0.29) is 18.3 Å². The van der Waals surface area contributed by atoms with Crippen LogP contribution in [-0.4, -0.2) is 36.8 Å². The number of hydrogen-bond donors (Lipinski definition) is 0. The molecule has 0 aliphatic rings. The van der Waals surface area contributed by atoms with Crippen molar-refractivity contribution in [1.82, 2.24) is 24.3 Å². The highest BCUT2D eigenvalue weighted by Gasteiger charge is 2.21. The molecule has 1 amide bonds. The van der Waals surface area contributed by atoms with Crippen molar-refractivity contribution in [3.8, 4) is 22.8 Å². The fourth-order valence-electron chi connectivity index (χ4n) is 4.05. The first kappa shape index (κ1) is 22.3. The lowest BCUT2D eigenvalue weighted by Gasteiger charge is -2.21. The van der Waals surface area contributed by atoms with Crippen LogP contribution in [0.2, 0.25) is 0 Å². The molecule has 0 aliphatic heterocycles. The van der Waals surface area contributed by atoms with Gasteiger partial charge in [-0.2, -0.15) is 4.98 Å². The molecule has 0 unspecified atom stereocenters. The molecule has 9 nitrogen and oxygen atoms in total. The number of nitrogens with zero attached hydrogens (tertiary/aromatic N) is 6. The summed E-state index contributed by atoms with van der Waals surface area (Å²) in [5, 5.41) is 8.54. The van der Waals surface area contributed by atoms with E-state index in [0.717, 1.165) is 27.1 Å². The minimum atomic E-state index is -0.422. The number of pyridine rings is 1. The topological polar surface area (TPSA) is 98.5 Å². The molecule has 176 valence electrons. The van der Waals surface area contributed by atoms with Crippen molar-refractivity contribution in [2.45, 2.75) is 27.3 Å². The van der Waals surface area contributed by atoms with E-state index in [1.165, 1.54) is 4.40 Å². The highest BCUT2D eigenvalue weighted by atomic mass is 16.5. The normalized spacial score (nSPS) is 11.2. The van der Waals surface area contributed by atoms with E-state index in [2.05, 4.69) is 15.2 Å². The second kappa shape index (κ2) is 9.02. The highest BCUT2D eigenvalue weighted by Crippen LogP contribution is 2.25. The number of anilines is 1. The number of carbonyl (C=O) groups excluding carboxylic acids is 1. The summed E-state index contributed by atoms with van der Waals surface area (Å²) in [6, 6.07) is 18.9. The molecular weight excluding hydrogens is 444 g/mol. The summed E-state index contributed by atoms with van der Waals surface area (Å²) in [4.78, 5) is 32.3. The van der Waals surface area contributed by atoms with Crippen molar-refractivity contribution >= 4 is 17.2 Å². The van der Waals surface area contributed by atoms with E-state index in [9.17, 15) is 9.59 Å². The lowest BCUT2D eigenvalue weighted by Crippen LogP contribution is -2.36. The zero-order chi connectivity index (χ0) is 24.5. The van der Waals surface area contributed by atoms with E-state index in [1.807, 2.05) is 69.3 Å². The number of aryl methyl sites for hydroxylation is 2. The number of likely N-dealkylation sites (N-methyl/N-ethyl adjacent to an activating group) is 1. The fourth-order valence-corrected chi connectivity index (χ4v) is 4.05. The minimum absolute atomic E-state index is 0.194. The molecule has 0 N–H and O–H groups in total. The van der Waals surface area contributed by atoms with Gasteiger partial charge in [-0.25, -0.2) is 13.9 Å². The van der Waals surface area contributed by atoms with Gasteiger partial charge in [0.05, 0.1) is 5.56 Å². The lowest BCUT2D eigenvalue weighted by molar-refractivity contribution is -0.119. The van der Waals surface area contributed by atoms with E-state index in [1.54, 1.807) is 23.2 Å². The maximum atomic E-state index is 13.1. The number of carbonyl (C=O) groups is 1. The summed E-state index contributed by atoms with van der Waals surface area (Å²) in [7, 11) is 0. The Morgan fingerprint density at radius 1 is 1.03 bits per heavy atom. The minimum Gasteiger partial charge on any atom is -0.333 e. The van der Waals surface area contributed by atoms with Crippen LogP contribution in [0, 0.1) is 13.8 Å². The Morgan fingerprint density at radius 3 is 2.54 bits per heavy atom. The number of benzene rings is 2. The third kappa shape index (κ3) is 4.23. The number of fused-ring (bicyclic) bond motifs is 1. The summed E-state index contributed by atoms with van der Waals surface area (Å²) in [6.45, 7) is 6.13. The van der Waals surface area contributed by atoms with Crippen LogP contribution in [0.4, 0.5) is 5.69 Å². The average Bonchev–Trinajstić information content (AvgIpc) is 3.45. The first-order valence-electron chi connectivity index (χ1n) is 11.3. The van der Waals surface area contributed by atoms with E-state index in [4.69, 9.17) is 4.52 Å². The molecule has 3 heterocycles. The van der Waals surface area contributed by atoms with Crippen LogP contribution in [0.5, 0.6) is 0 Å². The van der Waals surface area contributed by atoms with Crippen LogP contribution in [0.15, 0.2) is 76.2 Å². The van der Waals surface area contributed by atoms with Gasteiger partial charge in [-0.1, -0.05) is 41.1 Å². The summed E-state index contributed by atoms with van der Waals surface area (Å²) in [5.41, 5.74) is 4.16. The lowest BCUT2D eigenvalue weighted by atomic mass is 10.1. The van der Waals surface area contributed by atoms with Gasteiger partial charge in [0, 0.05) is 24.0 Å². The molecule has 35 heavy (non-hydrogen) atoms. The molecule has 2 aromatic carbocycles. The fraction of sp³-hybridized carbons (Fsp3) is 0.192. The van der Waals surface area contributed by atoms with Crippen molar-refractivity contribution in [1.29, 1.82) is 0 Å². The zero-order valence-corrected chi connectivity index (χ0v) is 19.7. The maximum absolute atomic E-state index is 13.1. The molecule has 3 aromatic heterocycles. The van der Waals surface area contributed by atoms with E-state index >= 15 is 0 Å². The van der Waals surface area contributed by atoms with Crippen LogP contribution < -0.4 is 10.6 Å². The number of aromatic nitrogens is 5. The first-order chi connectivity index (χ1) is 16.9. The maximum Gasteiger partial charge on any atom is 0.350 e. The third-order valence-electron chi connectivity index (χ3n) is 5.76. The predicted octanol–water partition coefficient (Wildman–Crippen LogP) is 3.88. The van der Waals surface area contributed by atoms with Gasteiger partial charge in [0.25, 0.3) is 5.89 Å². The number of amides is 1. The first-order valence-corrected chi connectivity index (χ1v) is 11.3. The van der Waals surface area contributed by atoms with Crippen molar-refractivity contribution in [2.24, 2.45) is 0 Å². The third-order valence-corrected chi connectivity index (χ3v) is 5.76. The molecule has 9 heteroatoms. The summed E-state index contributed by atoms with van der Waals surface area (Å²) >= 11 is 0. The summed E-state index contributed by atoms with van der Waals surface area (Å²) in [6.07, 6.45) is 1.60. The molecule has 0 bridgehead atoms. The molecule has 0 radical (unpaired) electrons. The van der Waals surface area contributed by atoms with Gasteiger partial charge in [-0.05, 0) is 56.7 Å². The van der Waals surface area contributed by atoms with Gasteiger partial charge in [-0.15, -0.1) is 5.10 Å². The highest BCUT2D eigenvalue weighted by molar-refractivity contribution is 5.93. The molecule has 5 rings (SSSR count). The van der Waals surface area contributed by atoms with Gasteiger partial charge in [0.15, 0.2) is 5.65 Å². The SMILES string of the molecule is CCN(C(=O)Cn1nc2c(-c3nc(-c4cccc(C)c4)no3)cccn2c1=O)c1cccc(C)c1. The summed E-state index contributed by atoms with van der Waals surface area (Å²) < 4.78 is 8.05. The Balaban J connectivity index is 1.48. The Labute approximate surface area is 201 Å². The molecule has 0 saturated heterocycles. The van der Waals surface area contributed by atoms with Crippen molar-refractivity contribution in [2.75, 3.05) is 11.4 Å². The van der Waals surface area contributed by atoms with E-state index < -0.39 is 5.69 Å². The van der Waals surface area contributed by atoms with Crippen LogP contribution >= 0.6 is 0 Å². The molecule has 5 aromatic rings. The van der Waals surface area contributed by atoms with Crippen LogP contribution in [-0.2, 0) is 11.3 Å². The number of hydrogen-bond acceptors (Lipinski definition) is 6. The smallest absolute Gasteiger partial charge is 0.333 e. The molecule has 0 saturated carbocycles. The van der Waals surface area contributed by atoms with Gasteiger partial charge in [0.1, 0.15) is 6.54 Å².